The number of aliphatic carboxylic acids is 1. The number of hydrogen-bond donors (Lipinski definition) is 2. The Bertz CT molecular complexity index is 908. The highest BCUT2D eigenvalue weighted by atomic mass is 16.5. The van der Waals surface area contributed by atoms with Crippen LogP contribution < -0.4 is 5.32 Å². The Morgan fingerprint density at radius 3 is 2.23 bits per heavy atom. The van der Waals surface area contributed by atoms with Crippen LogP contribution in [0.25, 0.3) is 11.1 Å². The first-order chi connectivity index (χ1) is 14.4. The third kappa shape index (κ3) is 3.47. The van der Waals surface area contributed by atoms with E-state index in [2.05, 4.69) is 29.6 Å². The van der Waals surface area contributed by atoms with E-state index in [0.717, 1.165) is 41.5 Å². The van der Waals surface area contributed by atoms with Gasteiger partial charge in [0.1, 0.15) is 12.1 Å². The molecule has 0 bridgehead atoms. The number of amides is 1. The fourth-order valence-electron chi connectivity index (χ4n) is 5.39. The molecule has 0 aromatic heterocycles. The molecule has 0 spiro atoms. The van der Waals surface area contributed by atoms with Crippen molar-refractivity contribution in [3.05, 3.63) is 59.7 Å². The molecule has 0 radical (unpaired) electrons. The molecular weight excluding hydrogens is 378 g/mol. The molecule has 1 amide bonds. The maximum Gasteiger partial charge on any atom is 0.408 e. The van der Waals surface area contributed by atoms with Crippen LogP contribution in [0.15, 0.2) is 48.5 Å². The van der Waals surface area contributed by atoms with Gasteiger partial charge in [-0.05, 0) is 46.9 Å². The smallest absolute Gasteiger partial charge is 0.408 e. The maximum atomic E-state index is 12.8. The fourth-order valence-corrected chi connectivity index (χ4v) is 5.39. The summed E-state index contributed by atoms with van der Waals surface area (Å²) in [5, 5.41) is 12.8. The number of nitrogens with one attached hydrogen (secondary N) is 1. The summed E-state index contributed by atoms with van der Waals surface area (Å²) >= 11 is 0. The molecule has 1 fully saturated rings. The lowest BCUT2D eigenvalue weighted by Crippen LogP contribution is -2.62. The molecule has 5 heteroatoms. The Morgan fingerprint density at radius 2 is 1.67 bits per heavy atom. The molecule has 5 nitrogen and oxygen atoms in total. The Kier molecular flexibility index (Phi) is 5.54. The zero-order valence-corrected chi connectivity index (χ0v) is 17.6. The molecule has 1 saturated carbocycles. The fraction of sp³-hybridized carbons (Fsp3) is 0.440. The third-order valence-corrected chi connectivity index (χ3v) is 6.82. The number of benzene rings is 2. The predicted molar refractivity (Wildman–Crippen MR) is 115 cm³/mol. The average molecular weight is 408 g/mol. The molecule has 2 atom stereocenters. The molecule has 0 heterocycles. The number of carbonyl (C=O) groups excluding carboxylic acids is 1. The molecule has 0 aliphatic heterocycles. The predicted octanol–water partition coefficient (Wildman–Crippen LogP) is 5.19. The van der Waals surface area contributed by atoms with E-state index in [0.29, 0.717) is 6.42 Å². The van der Waals surface area contributed by atoms with Crippen molar-refractivity contribution in [1.29, 1.82) is 0 Å². The van der Waals surface area contributed by atoms with Gasteiger partial charge in [-0.15, -0.1) is 0 Å². The Labute approximate surface area is 177 Å². The lowest BCUT2D eigenvalue weighted by molar-refractivity contribution is -0.150. The topological polar surface area (TPSA) is 75.6 Å². The van der Waals surface area contributed by atoms with E-state index in [-0.39, 0.29) is 24.4 Å². The minimum Gasteiger partial charge on any atom is -0.479 e. The highest BCUT2D eigenvalue weighted by Gasteiger charge is 2.50. The standard InChI is InChI=1S/C25H29NO4/c1-16(2)22-13-7-8-14-25(22,23(27)28)26-24(29)30-15-21-19-11-5-3-9-17(19)18-10-4-6-12-20(18)21/h3-6,9-12,16,21-22H,7-8,13-15H2,1-2H3,(H,26,29)(H,27,28). The zero-order chi connectivity index (χ0) is 21.3. The average Bonchev–Trinajstić information content (AvgIpc) is 3.06. The van der Waals surface area contributed by atoms with E-state index < -0.39 is 17.6 Å². The molecule has 2 unspecified atom stereocenters. The second-order valence-corrected chi connectivity index (χ2v) is 8.82. The summed E-state index contributed by atoms with van der Waals surface area (Å²) < 4.78 is 5.63. The van der Waals surface area contributed by atoms with Crippen molar-refractivity contribution in [2.45, 2.75) is 51.0 Å². The van der Waals surface area contributed by atoms with E-state index >= 15 is 0 Å². The largest absolute Gasteiger partial charge is 0.479 e. The highest BCUT2D eigenvalue weighted by Crippen LogP contribution is 2.44. The first-order valence-electron chi connectivity index (χ1n) is 10.8. The number of alkyl carbamates (subject to hydrolysis) is 1. The van der Waals surface area contributed by atoms with Gasteiger partial charge in [0.25, 0.3) is 0 Å². The van der Waals surface area contributed by atoms with Crippen molar-refractivity contribution in [1.82, 2.24) is 5.32 Å². The SMILES string of the molecule is CC(C)C1CCCCC1(NC(=O)OCC1c2ccccc2-c2ccccc21)C(=O)O. The van der Waals surface area contributed by atoms with Gasteiger partial charge in [0.2, 0.25) is 0 Å². The second kappa shape index (κ2) is 8.13. The Hall–Kier alpha value is -2.82. The van der Waals surface area contributed by atoms with Crippen LogP contribution in [0, 0.1) is 11.8 Å². The van der Waals surface area contributed by atoms with E-state index in [4.69, 9.17) is 4.74 Å². The van der Waals surface area contributed by atoms with Crippen molar-refractivity contribution in [3.8, 4) is 11.1 Å². The number of rotatable bonds is 5. The van der Waals surface area contributed by atoms with Gasteiger partial charge in [-0.25, -0.2) is 9.59 Å². The normalized spacial score (nSPS) is 23.0. The minimum absolute atomic E-state index is 0.0452. The van der Waals surface area contributed by atoms with Crippen LogP contribution in [-0.2, 0) is 9.53 Å². The van der Waals surface area contributed by atoms with Gasteiger partial charge in [-0.1, -0.05) is 75.2 Å². The molecule has 158 valence electrons. The van der Waals surface area contributed by atoms with Gasteiger partial charge >= 0.3 is 12.1 Å². The number of ether oxygens (including phenoxy) is 1. The molecule has 2 aromatic carbocycles. The van der Waals surface area contributed by atoms with Crippen LogP contribution >= 0.6 is 0 Å². The van der Waals surface area contributed by atoms with Crippen molar-refractivity contribution >= 4 is 12.1 Å². The minimum atomic E-state index is -1.25. The third-order valence-electron chi connectivity index (χ3n) is 6.82. The van der Waals surface area contributed by atoms with E-state index in [1.165, 1.54) is 0 Å². The van der Waals surface area contributed by atoms with Gasteiger partial charge in [-0.2, -0.15) is 0 Å². The number of carboxylic acid groups (broad SMARTS) is 1. The summed E-state index contributed by atoms with van der Waals surface area (Å²) in [4.78, 5) is 25.0. The molecule has 0 saturated heterocycles. The molecule has 4 rings (SSSR count). The summed E-state index contributed by atoms with van der Waals surface area (Å²) in [6.07, 6.45) is 2.37. The number of hydrogen-bond acceptors (Lipinski definition) is 3. The summed E-state index contributed by atoms with van der Waals surface area (Å²) in [6.45, 7) is 4.22. The Balaban J connectivity index is 1.52. The van der Waals surface area contributed by atoms with Crippen molar-refractivity contribution < 1.29 is 19.4 Å². The van der Waals surface area contributed by atoms with Gasteiger partial charge in [0.05, 0.1) is 0 Å². The highest BCUT2D eigenvalue weighted by molar-refractivity contribution is 5.85. The Morgan fingerprint density at radius 1 is 1.07 bits per heavy atom. The van der Waals surface area contributed by atoms with E-state index in [9.17, 15) is 14.7 Å². The van der Waals surface area contributed by atoms with Crippen molar-refractivity contribution in [2.75, 3.05) is 6.61 Å². The van der Waals surface area contributed by atoms with Crippen LogP contribution in [0.2, 0.25) is 0 Å². The second-order valence-electron chi connectivity index (χ2n) is 8.82. The first-order valence-corrected chi connectivity index (χ1v) is 10.8. The van der Waals surface area contributed by atoms with Gasteiger partial charge in [0.15, 0.2) is 0 Å². The van der Waals surface area contributed by atoms with Crippen LogP contribution in [0.3, 0.4) is 0 Å². The molecule has 2 aliphatic rings. The van der Waals surface area contributed by atoms with Crippen LogP contribution in [0.4, 0.5) is 4.79 Å². The first kappa shape index (κ1) is 20.5. The van der Waals surface area contributed by atoms with Crippen LogP contribution in [0.5, 0.6) is 0 Å². The number of carbonyl (C=O) groups is 2. The monoisotopic (exact) mass is 407 g/mol. The van der Waals surface area contributed by atoms with Crippen LogP contribution in [-0.4, -0.2) is 29.3 Å². The summed E-state index contributed by atoms with van der Waals surface area (Å²) in [5.41, 5.74) is 3.34. The molecule has 30 heavy (non-hydrogen) atoms. The van der Waals surface area contributed by atoms with E-state index in [1.54, 1.807) is 0 Å². The molecular formula is C25H29NO4. The van der Waals surface area contributed by atoms with Crippen molar-refractivity contribution in [2.24, 2.45) is 11.8 Å². The van der Waals surface area contributed by atoms with Gasteiger partial charge in [0, 0.05) is 5.92 Å². The number of fused-ring (bicyclic) bond motifs is 3. The summed E-state index contributed by atoms with van der Waals surface area (Å²) in [7, 11) is 0. The number of carboxylic acids is 1. The van der Waals surface area contributed by atoms with Crippen molar-refractivity contribution in [3.63, 3.8) is 0 Å². The van der Waals surface area contributed by atoms with E-state index in [1.807, 2.05) is 38.1 Å². The summed E-state index contributed by atoms with van der Waals surface area (Å²) in [6, 6.07) is 16.3. The molecule has 2 aliphatic carbocycles. The zero-order valence-electron chi connectivity index (χ0n) is 17.6. The lowest BCUT2D eigenvalue weighted by Gasteiger charge is -2.43. The quantitative estimate of drug-likeness (QED) is 0.715. The molecule has 2 N–H and O–H groups in total. The summed E-state index contributed by atoms with van der Waals surface area (Å²) in [5.74, 6) is -0.954. The van der Waals surface area contributed by atoms with Gasteiger partial charge in [-0.3, -0.25) is 0 Å². The molecule has 2 aromatic rings. The van der Waals surface area contributed by atoms with Gasteiger partial charge < -0.3 is 15.2 Å². The van der Waals surface area contributed by atoms with Crippen LogP contribution in [0.1, 0.15) is 56.6 Å². The maximum absolute atomic E-state index is 12.8. The lowest BCUT2D eigenvalue weighted by atomic mass is 9.68.